The molecule has 0 saturated heterocycles. The van der Waals surface area contributed by atoms with Gasteiger partial charge in [0, 0.05) is 18.5 Å². The molecule has 10 nitrogen and oxygen atoms in total. The molecule has 3 amide bonds. The zero-order valence-corrected chi connectivity index (χ0v) is 23.9. The molecule has 0 fully saturated rings. The predicted octanol–water partition coefficient (Wildman–Crippen LogP) is 3.88. The molecule has 0 bridgehead atoms. The first-order valence-corrected chi connectivity index (χ1v) is 13.4. The van der Waals surface area contributed by atoms with Gasteiger partial charge in [-0.1, -0.05) is 68.3 Å². The molecule has 0 saturated carbocycles. The number of carbonyl (C=O) groups is 4. The molecule has 0 aromatic heterocycles. The summed E-state index contributed by atoms with van der Waals surface area (Å²) >= 11 is 0. The highest BCUT2D eigenvalue weighted by atomic mass is 16.6. The summed E-state index contributed by atoms with van der Waals surface area (Å²) in [4.78, 5) is 53.8. The highest BCUT2D eigenvalue weighted by molar-refractivity contribution is 5.93. The zero-order chi connectivity index (χ0) is 29.7. The van der Waals surface area contributed by atoms with E-state index in [4.69, 9.17) is 4.74 Å². The number of phenols is 1. The van der Waals surface area contributed by atoms with E-state index in [1.54, 1.807) is 39.0 Å². The maximum absolute atomic E-state index is 14.3. The minimum Gasteiger partial charge on any atom is -0.508 e. The van der Waals surface area contributed by atoms with Crippen molar-refractivity contribution < 1.29 is 33.8 Å². The second-order valence-corrected chi connectivity index (χ2v) is 10.4. The molecule has 3 N–H and O–H groups in total. The summed E-state index contributed by atoms with van der Waals surface area (Å²) in [5.41, 5.74) is 0.183. The molecule has 0 aliphatic rings. The maximum atomic E-state index is 14.3. The van der Waals surface area contributed by atoms with Crippen LogP contribution in [0.5, 0.6) is 5.75 Å². The standard InChI is InChI=1S/C30H41N3O7/c1-6-7-13-18-33(26(22-16-11-12-17-24(22)34)27(36)31-20-25(35)39-5)28(37)23(19-21-14-9-8-10-15-21)32-29(38)40-30(2,3)4/h8-12,14-17,23,26,34H,6-7,13,18-20H2,1-5H3,(H,31,36)(H,32,38). The molecule has 10 heteroatoms. The average Bonchev–Trinajstić information content (AvgIpc) is 2.90. The molecule has 0 aliphatic heterocycles. The largest absolute Gasteiger partial charge is 0.508 e. The molecule has 2 unspecified atom stereocenters. The van der Waals surface area contributed by atoms with E-state index in [-0.39, 0.29) is 24.3 Å². The third-order valence-electron chi connectivity index (χ3n) is 5.98. The molecule has 2 atom stereocenters. The highest BCUT2D eigenvalue weighted by Gasteiger charge is 2.37. The van der Waals surface area contributed by atoms with E-state index in [1.807, 2.05) is 37.3 Å². The lowest BCUT2D eigenvalue weighted by atomic mass is 9.99. The van der Waals surface area contributed by atoms with Crippen molar-refractivity contribution in [1.82, 2.24) is 15.5 Å². The zero-order valence-electron chi connectivity index (χ0n) is 23.9. The minimum absolute atomic E-state index is 0.139. The monoisotopic (exact) mass is 555 g/mol. The van der Waals surface area contributed by atoms with Gasteiger partial charge in [-0.05, 0) is 38.8 Å². The normalized spacial score (nSPS) is 12.5. The van der Waals surface area contributed by atoms with Gasteiger partial charge in [0.25, 0.3) is 0 Å². The summed E-state index contributed by atoms with van der Waals surface area (Å²) in [6.45, 7) is 6.92. The molecular weight excluding hydrogens is 514 g/mol. The molecule has 0 heterocycles. The first-order valence-electron chi connectivity index (χ1n) is 13.4. The minimum atomic E-state index is -1.28. The van der Waals surface area contributed by atoms with Crippen LogP contribution in [0.1, 0.15) is 64.1 Å². The Bertz CT molecular complexity index is 1130. The number of hydrogen-bond donors (Lipinski definition) is 3. The summed E-state index contributed by atoms with van der Waals surface area (Å²) in [7, 11) is 1.20. The van der Waals surface area contributed by atoms with Crippen LogP contribution in [0, 0.1) is 0 Å². The number of para-hydroxylation sites is 1. The number of carbonyl (C=O) groups excluding carboxylic acids is 4. The number of aromatic hydroxyl groups is 1. The SMILES string of the molecule is CCCCCN(C(=O)C(Cc1ccccc1)NC(=O)OC(C)(C)C)C(C(=O)NCC(=O)OC)c1ccccc1O. The number of unbranched alkanes of at least 4 members (excludes halogenated alkanes) is 2. The van der Waals surface area contributed by atoms with Crippen LogP contribution in [0.15, 0.2) is 54.6 Å². The molecule has 0 radical (unpaired) electrons. The number of nitrogens with zero attached hydrogens (tertiary/aromatic N) is 1. The van der Waals surface area contributed by atoms with Gasteiger partial charge in [0.05, 0.1) is 7.11 Å². The topological polar surface area (TPSA) is 134 Å². The number of amides is 3. The second-order valence-electron chi connectivity index (χ2n) is 10.4. The summed E-state index contributed by atoms with van der Waals surface area (Å²) in [5.74, 6) is -2.06. The number of hydrogen-bond acceptors (Lipinski definition) is 7. The van der Waals surface area contributed by atoms with Crippen molar-refractivity contribution in [2.75, 3.05) is 20.2 Å². The summed E-state index contributed by atoms with van der Waals surface area (Å²) in [6.07, 6.45) is 1.58. The maximum Gasteiger partial charge on any atom is 0.408 e. The number of nitrogens with one attached hydrogen (secondary N) is 2. The van der Waals surface area contributed by atoms with Crippen molar-refractivity contribution >= 4 is 23.9 Å². The van der Waals surface area contributed by atoms with Gasteiger partial charge >= 0.3 is 12.1 Å². The number of phenolic OH excluding ortho intramolecular Hbond substituents is 1. The Labute approximate surface area is 236 Å². The fourth-order valence-electron chi connectivity index (χ4n) is 4.10. The third-order valence-corrected chi connectivity index (χ3v) is 5.98. The molecule has 0 aliphatic carbocycles. The van der Waals surface area contributed by atoms with E-state index >= 15 is 0 Å². The lowest BCUT2D eigenvalue weighted by molar-refractivity contribution is -0.144. The van der Waals surface area contributed by atoms with Crippen molar-refractivity contribution in [3.8, 4) is 5.75 Å². The smallest absolute Gasteiger partial charge is 0.408 e. The molecule has 2 rings (SSSR count). The van der Waals surface area contributed by atoms with Crippen LogP contribution < -0.4 is 10.6 Å². The van der Waals surface area contributed by atoms with Crippen LogP contribution in [0.25, 0.3) is 0 Å². The van der Waals surface area contributed by atoms with Crippen LogP contribution in [0.2, 0.25) is 0 Å². The highest BCUT2D eigenvalue weighted by Crippen LogP contribution is 2.30. The first-order chi connectivity index (χ1) is 19.0. The van der Waals surface area contributed by atoms with Gasteiger partial charge in [-0.2, -0.15) is 0 Å². The molecular formula is C30H41N3O7. The second kappa shape index (κ2) is 15.5. The number of methoxy groups -OCH3 is 1. The van der Waals surface area contributed by atoms with Crippen LogP contribution in [-0.2, 0) is 30.3 Å². The van der Waals surface area contributed by atoms with Gasteiger partial charge in [-0.25, -0.2) is 4.79 Å². The quantitative estimate of drug-likeness (QED) is 0.252. The van der Waals surface area contributed by atoms with E-state index in [9.17, 15) is 24.3 Å². The van der Waals surface area contributed by atoms with Crippen LogP contribution >= 0.6 is 0 Å². The van der Waals surface area contributed by atoms with Gasteiger partial charge in [-0.3, -0.25) is 14.4 Å². The Morgan fingerprint density at radius 2 is 1.62 bits per heavy atom. The van der Waals surface area contributed by atoms with Gasteiger partial charge in [0.2, 0.25) is 11.8 Å². The Hall–Kier alpha value is -4.08. The summed E-state index contributed by atoms with van der Waals surface area (Å²) in [6, 6.07) is 13.0. The van der Waals surface area contributed by atoms with Gasteiger partial charge in [0.15, 0.2) is 0 Å². The van der Waals surface area contributed by atoms with Crippen molar-refractivity contribution in [3.63, 3.8) is 0 Å². The predicted molar refractivity (Wildman–Crippen MR) is 150 cm³/mol. The fourth-order valence-corrected chi connectivity index (χ4v) is 4.10. The van der Waals surface area contributed by atoms with Gasteiger partial charge in [-0.15, -0.1) is 0 Å². The van der Waals surface area contributed by atoms with E-state index < -0.39 is 48.1 Å². The third kappa shape index (κ3) is 10.2. The molecule has 218 valence electrons. The van der Waals surface area contributed by atoms with Crippen molar-refractivity contribution in [2.45, 2.75) is 71.1 Å². The van der Waals surface area contributed by atoms with Gasteiger partial charge in [0.1, 0.15) is 30.0 Å². The van der Waals surface area contributed by atoms with Crippen LogP contribution in [0.4, 0.5) is 4.79 Å². The number of rotatable bonds is 13. The van der Waals surface area contributed by atoms with E-state index in [0.29, 0.717) is 6.42 Å². The van der Waals surface area contributed by atoms with Crippen LogP contribution in [-0.4, -0.2) is 65.7 Å². The lowest BCUT2D eigenvalue weighted by Crippen LogP contribution is -2.54. The molecule has 2 aromatic rings. The van der Waals surface area contributed by atoms with Gasteiger partial charge < -0.3 is 30.1 Å². The van der Waals surface area contributed by atoms with E-state index in [0.717, 1.165) is 18.4 Å². The Morgan fingerprint density at radius 1 is 0.975 bits per heavy atom. The van der Waals surface area contributed by atoms with Crippen molar-refractivity contribution in [2.24, 2.45) is 0 Å². The first kappa shape index (κ1) is 32.1. The summed E-state index contributed by atoms with van der Waals surface area (Å²) in [5, 5.41) is 15.9. The number of alkyl carbamates (subject to hydrolysis) is 1. The number of ether oxygens (including phenoxy) is 2. The summed E-state index contributed by atoms with van der Waals surface area (Å²) < 4.78 is 10.1. The van der Waals surface area contributed by atoms with Crippen molar-refractivity contribution in [3.05, 3.63) is 65.7 Å². The number of esters is 1. The van der Waals surface area contributed by atoms with Crippen LogP contribution in [0.3, 0.4) is 0 Å². The molecule has 40 heavy (non-hydrogen) atoms. The van der Waals surface area contributed by atoms with Crippen molar-refractivity contribution in [1.29, 1.82) is 0 Å². The average molecular weight is 556 g/mol. The molecule has 0 spiro atoms. The number of benzene rings is 2. The molecule has 2 aromatic carbocycles. The van der Waals surface area contributed by atoms with E-state index in [1.165, 1.54) is 18.1 Å². The van der Waals surface area contributed by atoms with E-state index in [2.05, 4.69) is 15.4 Å². The Morgan fingerprint density at radius 3 is 2.23 bits per heavy atom. The Balaban J connectivity index is 2.55. The lowest BCUT2D eigenvalue weighted by Gasteiger charge is -2.34. The fraction of sp³-hybridized carbons (Fsp3) is 0.467. The Kier molecular flexibility index (Phi) is 12.4.